The Kier molecular flexibility index (Phi) is 8.46. The molecule has 0 radical (unpaired) electrons. The highest BCUT2D eigenvalue weighted by Gasteiger charge is 2.37. The second-order valence-electron chi connectivity index (χ2n) is 9.11. The molecule has 0 spiro atoms. The van der Waals surface area contributed by atoms with E-state index in [0.717, 1.165) is 25.3 Å². The fourth-order valence-electron chi connectivity index (χ4n) is 4.17. The molecule has 40 heavy (non-hydrogen) atoms. The molecule has 0 amide bonds. The van der Waals surface area contributed by atoms with Gasteiger partial charge in [0.2, 0.25) is 0 Å². The molecule has 1 nitrogen and oxygen atoms in total. The average molecular weight is 568 g/mol. The first-order valence-electron chi connectivity index (χ1n) is 12.2. The quantitative estimate of drug-likeness (QED) is 0.111. The molecule has 0 aromatic heterocycles. The molecule has 0 saturated carbocycles. The van der Waals surface area contributed by atoms with Gasteiger partial charge in [-0.1, -0.05) is 38.0 Å². The first-order valence-corrected chi connectivity index (χ1v) is 12.2. The van der Waals surface area contributed by atoms with Crippen molar-refractivity contribution in [1.82, 2.24) is 0 Å². The number of benzene rings is 4. The second kappa shape index (κ2) is 11.7. The molecule has 0 atom stereocenters. The van der Waals surface area contributed by atoms with E-state index >= 15 is 0 Å². The topological polar surface area (TPSA) is 9.23 Å². The molecular weight excluding hydrogens is 547 g/mol. The molecule has 0 aliphatic carbocycles. The van der Waals surface area contributed by atoms with Gasteiger partial charge in [0.1, 0.15) is 11.6 Å². The zero-order valence-electron chi connectivity index (χ0n) is 20.9. The number of hydrogen-bond donors (Lipinski definition) is 0. The van der Waals surface area contributed by atoms with Crippen molar-refractivity contribution in [3.05, 3.63) is 113 Å². The average Bonchev–Trinajstić information content (AvgIpc) is 2.89. The summed E-state index contributed by atoms with van der Waals surface area (Å²) in [5.74, 6) is -11.8. The van der Waals surface area contributed by atoms with Gasteiger partial charge < -0.3 is 4.74 Å². The molecule has 0 bridgehead atoms. The fourth-order valence-corrected chi connectivity index (χ4v) is 4.17. The maximum Gasteiger partial charge on any atom is 0.427 e. The molecule has 4 rings (SSSR count). The molecule has 0 aliphatic heterocycles. The SMILES string of the molecule is CCCCCc1ccc(-c2cc(F)c(OC(F)(F)c3ccc(-c4cc(F)c(F)c(F)c4)c(F)c3)c(F)c2)c(F)c1. The fraction of sp³-hybridized carbons (Fsp3) is 0.200. The first-order chi connectivity index (χ1) is 18.9. The summed E-state index contributed by atoms with van der Waals surface area (Å²) < 4.78 is 133. The lowest BCUT2D eigenvalue weighted by molar-refractivity contribution is -0.188. The predicted octanol–water partition coefficient (Wildman–Crippen LogP) is 9.86. The highest BCUT2D eigenvalue weighted by atomic mass is 19.3. The van der Waals surface area contributed by atoms with E-state index in [-0.39, 0.29) is 17.2 Å². The Labute approximate surface area is 223 Å². The van der Waals surface area contributed by atoms with Gasteiger partial charge in [-0.05, 0) is 72.0 Å². The van der Waals surface area contributed by atoms with Crippen LogP contribution >= 0.6 is 0 Å². The molecule has 4 aromatic carbocycles. The number of halogens is 9. The van der Waals surface area contributed by atoms with Crippen LogP contribution in [-0.2, 0) is 12.5 Å². The minimum absolute atomic E-state index is 0.151. The van der Waals surface area contributed by atoms with Crippen LogP contribution in [0.1, 0.15) is 37.3 Å². The molecule has 4 aromatic rings. The second-order valence-corrected chi connectivity index (χ2v) is 9.11. The summed E-state index contributed by atoms with van der Waals surface area (Å²) in [5.41, 5.74) is -1.90. The number of hydrogen-bond acceptors (Lipinski definition) is 1. The third kappa shape index (κ3) is 6.11. The molecular formula is C30H21F9O. The molecule has 0 aliphatic rings. The summed E-state index contributed by atoms with van der Waals surface area (Å²) in [6, 6.07) is 7.97. The Morgan fingerprint density at radius 1 is 0.600 bits per heavy atom. The van der Waals surface area contributed by atoms with Crippen molar-refractivity contribution in [2.75, 3.05) is 0 Å². The van der Waals surface area contributed by atoms with E-state index < -0.39 is 69.3 Å². The van der Waals surface area contributed by atoms with Gasteiger partial charge in [0.05, 0.1) is 5.56 Å². The van der Waals surface area contributed by atoms with Crippen molar-refractivity contribution >= 4 is 0 Å². The zero-order valence-corrected chi connectivity index (χ0v) is 20.9. The van der Waals surface area contributed by atoms with E-state index in [1.165, 1.54) is 12.1 Å². The van der Waals surface area contributed by atoms with Crippen LogP contribution in [0.3, 0.4) is 0 Å². The molecule has 0 fully saturated rings. The lowest BCUT2D eigenvalue weighted by atomic mass is 10.00. The Morgan fingerprint density at radius 3 is 1.65 bits per heavy atom. The molecule has 0 heterocycles. The normalized spacial score (nSPS) is 11.7. The van der Waals surface area contributed by atoms with Gasteiger partial charge in [0, 0.05) is 11.1 Å². The van der Waals surface area contributed by atoms with Crippen LogP contribution in [-0.4, -0.2) is 0 Å². The number of aryl methyl sites for hydroxylation is 1. The third-order valence-corrected chi connectivity index (χ3v) is 6.24. The number of alkyl halides is 2. The third-order valence-electron chi connectivity index (χ3n) is 6.24. The van der Waals surface area contributed by atoms with Crippen LogP contribution in [0.2, 0.25) is 0 Å². The molecule has 10 heteroatoms. The van der Waals surface area contributed by atoms with E-state index in [4.69, 9.17) is 0 Å². The zero-order chi connectivity index (χ0) is 29.2. The van der Waals surface area contributed by atoms with Crippen molar-refractivity contribution in [3.63, 3.8) is 0 Å². The van der Waals surface area contributed by atoms with Crippen LogP contribution in [0.25, 0.3) is 22.3 Å². The van der Waals surface area contributed by atoms with E-state index in [2.05, 4.69) is 4.74 Å². The lowest BCUT2D eigenvalue weighted by Crippen LogP contribution is -2.23. The van der Waals surface area contributed by atoms with Crippen molar-refractivity contribution in [2.45, 2.75) is 38.7 Å². The molecule has 210 valence electrons. The van der Waals surface area contributed by atoms with Crippen LogP contribution in [0, 0.1) is 40.7 Å². The Balaban J connectivity index is 1.59. The largest absolute Gasteiger partial charge is 0.427 e. The Hall–Kier alpha value is -3.95. The van der Waals surface area contributed by atoms with Gasteiger partial charge in [0.25, 0.3) is 0 Å². The molecule has 0 unspecified atom stereocenters. The summed E-state index contributed by atoms with van der Waals surface area (Å²) >= 11 is 0. The highest BCUT2D eigenvalue weighted by Crippen LogP contribution is 2.38. The van der Waals surface area contributed by atoms with Crippen molar-refractivity contribution in [2.24, 2.45) is 0 Å². The van der Waals surface area contributed by atoms with Crippen molar-refractivity contribution < 1.29 is 44.3 Å². The number of unbranched alkanes of at least 4 members (excludes halogenated alkanes) is 2. The van der Waals surface area contributed by atoms with Crippen molar-refractivity contribution in [3.8, 4) is 28.0 Å². The van der Waals surface area contributed by atoms with Crippen molar-refractivity contribution in [1.29, 1.82) is 0 Å². The Bertz CT molecular complexity index is 1500. The first kappa shape index (κ1) is 29.0. The highest BCUT2D eigenvalue weighted by molar-refractivity contribution is 5.66. The summed E-state index contributed by atoms with van der Waals surface area (Å²) in [7, 11) is 0. The van der Waals surface area contributed by atoms with Crippen LogP contribution in [0.4, 0.5) is 39.5 Å². The van der Waals surface area contributed by atoms with Crippen LogP contribution in [0.5, 0.6) is 5.75 Å². The van der Waals surface area contributed by atoms with E-state index in [1.807, 2.05) is 6.92 Å². The minimum Gasteiger partial charge on any atom is -0.423 e. The summed E-state index contributed by atoms with van der Waals surface area (Å²) in [6.45, 7) is 2.02. The number of rotatable bonds is 9. The maximum absolute atomic E-state index is 14.8. The standard InChI is InChI=1S/C30H21F9O/c1-2-3-4-5-16-6-8-20(22(31)10-16)18-13-26(35)29(27(36)14-18)40-30(38,39)19-7-9-21(23(32)15-19)17-11-24(33)28(37)25(34)12-17/h6-15H,2-5H2,1H3. The summed E-state index contributed by atoms with van der Waals surface area (Å²) in [5, 5.41) is 0. The predicted molar refractivity (Wildman–Crippen MR) is 131 cm³/mol. The smallest absolute Gasteiger partial charge is 0.423 e. The van der Waals surface area contributed by atoms with Gasteiger partial charge in [-0.3, -0.25) is 0 Å². The van der Waals surface area contributed by atoms with Crippen LogP contribution in [0.15, 0.2) is 60.7 Å². The lowest BCUT2D eigenvalue weighted by Gasteiger charge is -2.20. The van der Waals surface area contributed by atoms with E-state index in [0.29, 0.717) is 42.3 Å². The molecule has 0 saturated heterocycles. The molecule has 0 N–H and O–H groups in total. The maximum atomic E-state index is 14.8. The summed E-state index contributed by atoms with van der Waals surface area (Å²) in [4.78, 5) is 0. The van der Waals surface area contributed by atoms with Gasteiger partial charge in [-0.25, -0.2) is 30.7 Å². The van der Waals surface area contributed by atoms with Gasteiger partial charge in [-0.15, -0.1) is 0 Å². The number of ether oxygens (including phenoxy) is 1. The van der Waals surface area contributed by atoms with E-state index in [9.17, 15) is 39.5 Å². The minimum atomic E-state index is -4.47. The monoisotopic (exact) mass is 568 g/mol. The Morgan fingerprint density at radius 2 is 1.12 bits per heavy atom. The summed E-state index contributed by atoms with van der Waals surface area (Å²) in [6.07, 6.45) is -1.07. The van der Waals surface area contributed by atoms with E-state index in [1.54, 1.807) is 6.07 Å². The van der Waals surface area contributed by atoms with Gasteiger partial charge in [0.15, 0.2) is 34.8 Å². The van der Waals surface area contributed by atoms with Gasteiger partial charge in [-0.2, -0.15) is 8.78 Å². The van der Waals surface area contributed by atoms with Crippen LogP contribution < -0.4 is 4.74 Å². The van der Waals surface area contributed by atoms with Gasteiger partial charge >= 0.3 is 6.11 Å².